The molecule has 1 rings (SSSR count). The van der Waals surface area contributed by atoms with E-state index in [2.05, 4.69) is 12.2 Å². The Morgan fingerprint density at radius 3 is 2.55 bits per heavy atom. The van der Waals surface area contributed by atoms with Crippen LogP contribution in [0.15, 0.2) is 18.2 Å². The van der Waals surface area contributed by atoms with Crippen LogP contribution in [0.3, 0.4) is 0 Å². The number of amides is 1. The molecule has 0 saturated carbocycles. The number of carboxylic acid groups (broad SMARTS) is 1. The van der Waals surface area contributed by atoms with Crippen molar-refractivity contribution >= 4 is 23.3 Å². The third-order valence-electron chi connectivity index (χ3n) is 3.39. The molecular formula is C17H26N2O3. The highest BCUT2D eigenvalue weighted by molar-refractivity contribution is 6.01. The summed E-state index contributed by atoms with van der Waals surface area (Å²) in [7, 11) is 1.94. The lowest BCUT2D eigenvalue weighted by atomic mass is 10.1. The Morgan fingerprint density at radius 1 is 1.32 bits per heavy atom. The molecule has 1 aromatic carbocycles. The van der Waals surface area contributed by atoms with Crippen molar-refractivity contribution in [2.75, 3.05) is 23.8 Å². The lowest BCUT2D eigenvalue weighted by Crippen LogP contribution is -2.20. The van der Waals surface area contributed by atoms with Gasteiger partial charge in [-0.05, 0) is 30.5 Å². The van der Waals surface area contributed by atoms with Gasteiger partial charge in [-0.1, -0.05) is 27.2 Å². The van der Waals surface area contributed by atoms with Gasteiger partial charge in [-0.3, -0.25) is 4.79 Å². The molecular weight excluding hydrogens is 280 g/mol. The Morgan fingerprint density at radius 2 is 2.00 bits per heavy atom. The minimum Gasteiger partial charge on any atom is -0.478 e. The number of hydrogen-bond acceptors (Lipinski definition) is 3. The van der Waals surface area contributed by atoms with E-state index >= 15 is 0 Å². The Bertz CT molecular complexity index is 527. The predicted octanol–water partition coefficient (Wildman–Crippen LogP) is 3.61. The van der Waals surface area contributed by atoms with Gasteiger partial charge >= 0.3 is 5.97 Å². The SMILES string of the molecule is CCCCN(C)c1ccc(NC(=O)CC(C)C)c(C(=O)O)c1. The molecule has 122 valence electrons. The average Bonchev–Trinajstić information content (AvgIpc) is 2.43. The molecule has 2 N–H and O–H groups in total. The summed E-state index contributed by atoms with van der Waals surface area (Å²) in [5.41, 5.74) is 1.32. The third-order valence-corrected chi connectivity index (χ3v) is 3.39. The molecule has 5 nitrogen and oxygen atoms in total. The van der Waals surface area contributed by atoms with Crippen LogP contribution in [0.2, 0.25) is 0 Å². The zero-order chi connectivity index (χ0) is 16.7. The Hall–Kier alpha value is -2.04. The number of anilines is 2. The molecule has 22 heavy (non-hydrogen) atoms. The number of carboxylic acids is 1. The van der Waals surface area contributed by atoms with E-state index in [0.29, 0.717) is 12.1 Å². The number of carbonyl (C=O) groups excluding carboxylic acids is 1. The van der Waals surface area contributed by atoms with Crippen LogP contribution in [-0.4, -0.2) is 30.6 Å². The van der Waals surface area contributed by atoms with E-state index in [1.165, 1.54) is 0 Å². The zero-order valence-corrected chi connectivity index (χ0v) is 13.8. The van der Waals surface area contributed by atoms with E-state index in [1.807, 2.05) is 31.9 Å². The molecule has 0 radical (unpaired) electrons. The molecule has 0 saturated heterocycles. The molecule has 0 heterocycles. The monoisotopic (exact) mass is 306 g/mol. The summed E-state index contributed by atoms with van der Waals surface area (Å²) in [6.45, 7) is 6.88. The van der Waals surface area contributed by atoms with Crippen molar-refractivity contribution in [2.24, 2.45) is 5.92 Å². The molecule has 0 bridgehead atoms. The van der Waals surface area contributed by atoms with Gasteiger partial charge in [0.05, 0.1) is 11.3 Å². The largest absolute Gasteiger partial charge is 0.478 e. The lowest BCUT2D eigenvalue weighted by Gasteiger charge is -2.20. The van der Waals surface area contributed by atoms with Crippen molar-refractivity contribution < 1.29 is 14.7 Å². The molecule has 0 fully saturated rings. The van der Waals surface area contributed by atoms with Crippen molar-refractivity contribution in [1.29, 1.82) is 0 Å². The molecule has 5 heteroatoms. The van der Waals surface area contributed by atoms with Crippen molar-refractivity contribution in [1.82, 2.24) is 0 Å². The van der Waals surface area contributed by atoms with Crippen molar-refractivity contribution in [3.63, 3.8) is 0 Å². The van der Waals surface area contributed by atoms with Crippen molar-refractivity contribution in [2.45, 2.75) is 40.0 Å². The highest BCUT2D eigenvalue weighted by Gasteiger charge is 2.15. The molecule has 0 aliphatic rings. The predicted molar refractivity (Wildman–Crippen MR) is 89.7 cm³/mol. The van der Waals surface area contributed by atoms with Gasteiger partial charge in [-0.15, -0.1) is 0 Å². The van der Waals surface area contributed by atoms with E-state index in [-0.39, 0.29) is 17.4 Å². The first kappa shape index (κ1) is 18.0. The van der Waals surface area contributed by atoms with Crippen LogP contribution in [0.5, 0.6) is 0 Å². The van der Waals surface area contributed by atoms with E-state index in [4.69, 9.17) is 0 Å². The van der Waals surface area contributed by atoms with Crippen LogP contribution < -0.4 is 10.2 Å². The molecule has 1 amide bonds. The van der Waals surface area contributed by atoms with Gasteiger partial charge in [0.25, 0.3) is 0 Å². The summed E-state index contributed by atoms with van der Waals surface area (Å²) in [5, 5.41) is 12.1. The number of carbonyl (C=O) groups is 2. The summed E-state index contributed by atoms with van der Waals surface area (Å²) >= 11 is 0. The Kier molecular flexibility index (Phi) is 6.89. The molecule has 0 spiro atoms. The summed E-state index contributed by atoms with van der Waals surface area (Å²) in [4.78, 5) is 25.3. The summed E-state index contributed by atoms with van der Waals surface area (Å²) in [6, 6.07) is 5.12. The van der Waals surface area contributed by atoms with Crippen LogP contribution in [-0.2, 0) is 4.79 Å². The maximum Gasteiger partial charge on any atom is 0.337 e. The van der Waals surface area contributed by atoms with Gasteiger partial charge in [0, 0.05) is 25.7 Å². The smallest absolute Gasteiger partial charge is 0.337 e. The van der Waals surface area contributed by atoms with Gasteiger partial charge < -0.3 is 15.3 Å². The van der Waals surface area contributed by atoms with Gasteiger partial charge in [0.15, 0.2) is 0 Å². The first-order valence-corrected chi connectivity index (χ1v) is 7.73. The second-order valence-electron chi connectivity index (χ2n) is 5.96. The molecule has 0 atom stereocenters. The van der Waals surface area contributed by atoms with E-state index in [0.717, 1.165) is 25.1 Å². The fourth-order valence-corrected chi connectivity index (χ4v) is 2.15. The molecule has 1 aromatic rings. The zero-order valence-electron chi connectivity index (χ0n) is 13.8. The van der Waals surface area contributed by atoms with Crippen LogP contribution in [0.4, 0.5) is 11.4 Å². The average molecular weight is 306 g/mol. The minimum absolute atomic E-state index is 0.123. The second kappa shape index (κ2) is 8.41. The number of rotatable bonds is 8. The van der Waals surface area contributed by atoms with Crippen LogP contribution in [0.25, 0.3) is 0 Å². The minimum atomic E-state index is -1.04. The molecule has 0 aliphatic heterocycles. The van der Waals surface area contributed by atoms with Gasteiger partial charge in [-0.2, -0.15) is 0 Å². The van der Waals surface area contributed by atoms with E-state index in [1.54, 1.807) is 12.1 Å². The Labute approximate surface area is 132 Å². The first-order valence-electron chi connectivity index (χ1n) is 7.73. The van der Waals surface area contributed by atoms with Crippen molar-refractivity contribution in [3.05, 3.63) is 23.8 Å². The number of hydrogen-bond donors (Lipinski definition) is 2. The van der Waals surface area contributed by atoms with Crippen LogP contribution >= 0.6 is 0 Å². The van der Waals surface area contributed by atoms with Gasteiger partial charge in [0.1, 0.15) is 0 Å². The fourth-order valence-electron chi connectivity index (χ4n) is 2.15. The topological polar surface area (TPSA) is 69.6 Å². The van der Waals surface area contributed by atoms with Crippen LogP contribution in [0.1, 0.15) is 50.4 Å². The molecule has 0 aliphatic carbocycles. The van der Waals surface area contributed by atoms with Crippen LogP contribution in [0, 0.1) is 5.92 Å². The van der Waals surface area contributed by atoms with Gasteiger partial charge in [-0.25, -0.2) is 4.79 Å². The number of nitrogens with zero attached hydrogens (tertiary/aromatic N) is 1. The third kappa shape index (κ3) is 5.39. The summed E-state index contributed by atoms with van der Waals surface area (Å²) < 4.78 is 0. The number of benzene rings is 1. The quantitative estimate of drug-likeness (QED) is 0.770. The highest BCUT2D eigenvalue weighted by Crippen LogP contribution is 2.23. The molecule has 0 unspecified atom stereocenters. The Balaban J connectivity index is 2.95. The normalized spacial score (nSPS) is 10.6. The summed E-state index contributed by atoms with van der Waals surface area (Å²) in [5.74, 6) is -0.970. The maximum absolute atomic E-state index is 11.8. The maximum atomic E-state index is 11.8. The van der Waals surface area contributed by atoms with E-state index in [9.17, 15) is 14.7 Å². The number of nitrogens with one attached hydrogen (secondary N) is 1. The highest BCUT2D eigenvalue weighted by atomic mass is 16.4. The molecule has 0 aromatic heterocycles. The standard InChI is InChI=1S/C17H26N2O3/c1-5-6-9-19(4)13-7-8-15(14(11-13)17(21)22)18-16(20)10-12(2)3/h7-8,11-12H,5-6,9-10H2,1-4H3,(H,18,20)(H,21,22). The lowest BCUT2D eigenvalue weighted by molar-refractivity contribution is -0.116. The number of aromatic carboxylic acids is 1. The van der Waals surface area contributed by atoms with E-state index < -0.39 is 5.97 Å². The van der Waals surface area contributed by atoms with Crippen molar-refractivity contribution in [3.8, 4) is 0 Å². The fraction of sp³-hybridized carbons (Fsp3) is 0.529. The first-order chi connectivity index (χ1) is 10.3. The second-order valence-corrected chi connectivity index (χ2v) is 5.96. The van der Waals surface area contributed by atoms with Gasteiger partial charge in [0.2, 0.25) is 5.91 Å². The summed E-state index contributed by atoms with van der Waals surface area (Å²) in [6.07, 6.45) is 2.50. The number of unbranched alkanes of at least 4 members (excludes halogenated alkanes) is 1.